The van der Waals surface area contributed by atoms with E-state index in [0.29, 0.717) is 0 Å². The first-order valence-electron chi connectivity index (χ1n) is 15.5. The third-order valence-electron chi connectivity index (χ3n) is 9.26. The number of aromatic nitrogens is 1. The highest BCUT2D eigenvalue weighted by atomic mass is 16.5. The molecule has 3 heterocycles. The van der Waals surface area contributed by atoms with E-state index in [2.05, 4.69) is 90.2 Å². The molecule has 0 unspecified atom stereocenters. The smallest absolute Gasteiger partial charge is 0.161 e. The summed E-state index contributed by atoms with van der Waals surface area (Å²) in [7, 11) is 3.34. The van der Waals surface area contributed by atoms with E-state index in [1.165, 1.54) is 72.2 Å². The SMILES string of the molecule is COc1ccc(-c2[nH]c3ccc(-c4ccc(C5=CCN(C6CCN(CC(C)C)CC6)CC5)cc4)cc3c2C)cc1OC. The van der Waals surface area contributed by atoms with E-state index in [1.54, 1.807) is 14.2 Å². The van der Waals surface area contributed by atoms with Gasteiger partial charge in [-0.05, 0) is 103 Å². The number of aromatic amines is 1. The number of ether oxygens (including phenoxy) is 2. The summed E-state index contributed by atoms with van der Waals surface area (Å²) in [5, 5.41) is 1.24. The molecule has 0 radical (unpaired) electrons. The van der Waals surface area contributed by atoms with Gasteiger partial charge < -0.3 is 19.4 Å². The zero-order valence-electron chi connectivity index (χ0n) is 25.9. The maximum absolute atomic E-state index is 5.54. The summed E-state index contributed by atoms with van der Waals surface area (Å²) in [4.78, 5) is 9.00. The Balaban J connectivity index is 1.14. The van der Waals surface area contributed by atoms with Gasteiger partial charge in [-0.3, -0.25) is 4.90 Å². The largest absolute Gasteiger partial charge is 0.493 e. The Morgan fingerprint density at radius 3 is 2.17 bits per heavy atom. The highest BCUT2D eigenvalue weighted by Gasteiger charge is 2.26. The topological polar surface area (TPSA) is 40.7 Å². The Bertz CT molecular complexity index is 1560. The molecular formula is C37H45N3O2. The van der Waals surface area contributed by atoms with Crippen molar-refractivity contribution in [2.45, 2.75) is 46.1 Å². The number of fused-ring (bicyclic) bond motifs is 1. The van der Waals surface area contributed by atoms with Crippen molar-refractivity contribution in [1.29, 1.82) is 0 Å². The molecule has 0 aliphatic carbocycles. The molecule has 0 saturated carbocycles. The van der Waals surface area contributed by atoms with Crippen molar-refractivity contribution in [3.63, 3.8) is 0 Å². The lowest BCUT2D eigenvalue weighted by Crippen LogP contribution is -2.46. The van der Waals surface area contributed by atoms with E-state index in [-0.39, 0.29) is 0 Å². The predicted molar refractivity (Wildman–Crippen MR) is 175 cm³/mol. The third-order valence-corrected chi connectivity index (χ3v) is 9.26. The number of methoxy groups -OCH3 is 2. The Labute approximate surface area is 251 Å². The first-order chi connectivity index (χ1) is 20.4. The quantitative estimate of drug-likeness (QED) is 0.236. The maximum Gasteiger partial charge on any atom is 0.161 e. The first-order valence-corrected chi connectivity index (χ1v) is 15.5. The Kier molecular flexibility index (Phi) is 8.41. The summed E-state index contributed by atoms with van der Waals surface area (Å²) in [6.45, 7) is 12.8. The summed E-state index contributed by atoms with van der Waals surface area (Å²) in [5.41, 5.74) is 9.91. The third kappa shape index (κ3) is 5.86. The lowest BCUT2D eigenvalue weighted by molar-refractivity contribution is 0.109. The Hall–Kier alpha value is -3.54. The summed E-state index contributed by atoms with van der Waals surface area (Å²) < 4.78 is 11.0. The number of nitrogens with one attached hydrogen (secondary N) is 1. The van der Waals surface area contributed by atoms with Gasteiger partial charge in [0.25, 0.3) is 0 Å². The summed E-state index contributed by atoms with van der Waals surface area (Å²) in [5.74, 6) is 2.23. The van der Waals surface area contributed by atoms with Gasteiger partial charge in [0, 0.05) is 47.8 Å². The number of rotatable bonds is 8. The minimum Gasteiger partial charge on any atom is -0.493 e. The van der Waals surface area contributed by atoms with Gasteiger partial charge in [-0.15, -0.1) is 0 Å². The number of benzene rings is 3. The van der Waals surface area contributed by atoms with Crippen LogP contribution >= 0.6 is 0 Å². The Morgan fingerprint density at radius 1 is 0.810 bits per heavy atom. The minimum absolute atomic E-state index is 0.733. The molecule has 0 atom stereocenters. The second-order valence-corrected chi connectivity index (χ2v) is 12.4. The molecule has 220 valence electrons. The van der Waals surface area contributed by atoms with Crippen LogP contribution in [0.5, 0.6) is 11.5 Å². The van der Waals surface area contributed by atoms with Crippen molar-refractivity contribution in [3.8, 4) is 33.9 Å². The molecule has 42 heavy (non-hydrogen) atoms. The molecule has 1 aromatic heterocycles. The van der Waals surface area contributed by atoms with Crippen molar-refractivity contribution in [2.24, 2.45) is 5.92 Å². The standard InChI is InChI=1S/C37H45N3O2/c1-25(2)24-39-18-16-32(17-19-39)40-20-14-29(15-21-40)27-6-8-28(9-7-27)30-10-12-34-33(22-30)26(3)37(38-34)31-11-13-35(41-4)36(23-31)42-5/h6-14,22-23,25,32,38H,15-21,24H2,1-5H3. The number of hydrogen-bond donors (Lipinski definition) is 1. The molecule has 6 rings (SSSR count). The van der Waals surface area contributed by atoms with E-state index in [1.807, 2.05) is 12.1 Å². The van der Waals surface area contributed by atoms with Crippen LogP contribution in [0.15, 0.2) is 66.7 Å². The molecule has 2 aliphatic heterocycles. The number of aryl methyl sites for hydroxylation is 1. The van der Waals surface area contributed by atoms with Gasteiger partial charge in [-0.2, -0.15) is 0 Å². The van der Waals surface area contributed by atoms with E-state index in [9.17, 15) is 0 Å². The van der Waals surface area contributed by atoms with Gasteiger partial charge in [0.15, 0.2) is 11.5 Å². The number of piperidine rings is 1. The van der Waals surface area contributed by atoms with E-state index < -0.39 is 0 Å². The number of likely N-dealkylation sites (tertiary alicyclic amines) is 1. The molecule has 1 N–H and O–H groups in total. The second kappa shape index (κ2) is 12.4. The van der Waals surface area contributed by atoms with Crippen LogP contribution in [-0.4, -0.2) is 67.8 Å². The molecule has 5 nitrogen and oxygen atoms in total. The summed E-state index contributed by atoms with van der Waals surface area (Å²) >= 11 is 0. The molecule has 0 bridgehead atoms. The average Bonchev–Trinajstić information content (AvgIpc) is 3.36. The van der Waals surface area contributed by atoms with Gasteiger partial charge >= 0.3 is 0 Å². The number of nitrogens with zero attached hydrogens (tertiary/aromatic N) is 2. The second-order valence-electron chi connectivity index (χ2n) is 12.4. The van der Waals surface area contributed by atoms with E-state index in [4.69, 9.17) is 9.47 Å². The summed E-state index contributed by atoms with van der Waals surface area (Å²) in [6, 6.07) is 22.7. The van der Waals surface area contributed by atoms with Gasteiger partial charge in [-0.1, -0.05) is 50.3 Å². The fourth-order valence-electron chi connectivity index (χ4n) is 6.93. The van der Waals surface area contributed by atoms with Crippen LogP contribution in [0.1, 0.15) is 44.2 Å². The van der Waals surface area contributed by atoms with Crippen LogP contribution in [0.4, 0.5) is 0 Å². The van der Waals surface area contributed by atoms with Crippen LogP contribution in [-0.2, 0) is 0 Å². The van der Waals surface area contributed by atoms with Gasteiger partial charge in [0.2, 0.25) is 0 Å². The minimum atomic E-state index is 0.733. The molecule has 1 fully saturated rings. The fraction of sp³-hybridized carbons (Fsp3) is 0.405. The fourth-order valence-corrected chi connectivity index (χ4v) is 6.93. The van der Waals surface area contributed by atoms with E-state index >= 15 is 0 Å². The van der Waals surface area contributed by atoms with Crippen molar-refractivity contribution < 1.29 is 9.47 Å². The molecule has 0 amide bonds. The molecule has 2 aliphatic rings. The van der Waals surface area contributed by atoms with Crippen LogP contribution in [0, 0.1) is 12.8 Å². The highest BCUT2D eigenvalue weighted by molar-refractivity contribution is 5.93. The summed E-state index contributed by atoms with van der Waals surface area (Å²) in [6.07, 6.45) is 6.24. The lowest BCUT2D eigenvalue weighted by Gasteiger charge is -2.40. The lowest BCUT2D eigenvalue weighted by atomic mass is 9.94. The molecular weight excluding hydrogens is 518 g/mol. The van der Waals surface area contributed by atoms with Crippen LogP contribution in [0.2, 0.25) is 0 Å². The normalized spacial score (nSPS) is 17.1. The van der Waals surface area contributed by atoms with Crippen LogP contribution < -0.4 is 9.47 Å². The zero-order chi connectivity index (χ0) is 29.2. The molecule has 4 aromatic rings. The van der Waals surface area contributed by atoms with Crippen molar-refractivity contribution >= 4 is 16.5 Å². The monoisotopic (exact) mass is 563 g/mol. The van der Waals surface area contributed by atoms with Crippen LogP contribution in [0.25, 0.3) is 38.9 Å². The van der Waals surface area contributed by atoms with Crippen molar-refractivity contribution in [2.75, 3.05) is 46.9 Å². The van der Waals surface area contributed by atoms with Crippen molar-refractivity contribution in [3.05, 3.63) is 77.9 Å². The average molecular weight is 564 g/mol. The maximum atomic E-state index is 5.54. The highest BCUT2D eigenvalue weighted by Crippen LogP contribution is 2.37. The van der Waals surface area contributed by atoms with Crippen LogP contribution in [0.3, 0.4) is 0 Å². The van der Waals surface area contributed by atoms with Crippen molar-refractivity contribution in [1.82, 2.24) is 14.8 Å². The molecule has 5 heteroatoms. The van der Waals surface area contributed by atoms with E-state index in [0.717, 1.165) is 53.2 Å². The van der Waals surface area contributed by atoms with Gasteiger partial charge in [0.1, 0.15) is 0 Å². The predicted octanol–water partition coefficient (Wildman–Crippen LogP) is 8.04. The molecule has 1 saturated heterocycles. The molecule has 0 spiro atoms. The Morgan fingerprint density at radius 2 is 1.50 bits per heavy atom. The van der Waals surface area contributed by atoms with Gasteiger partial charge in [-0.25, -0.2) is 0 Å². The molecule has 3 aromatic carbocycles. The number of H-pyrrole nitrogens is 1. The zero-order valence-corrected chi connectivity index (χ0v) is 25.9. The number of hydrogen-bond acceptors (Lipinski definition) is 4. The first kappa shape index (κ1) is 28.6. The van der Waals surface area contributed by atoms with Gasteiger partial charge in [0.05, 0.1) is 14.2 Å².